The summed E-state index contributed by atoms with van der Waals surface area (Å²) < 4.78 is 58.5. The molecule has 1 aliphatic rings. The van der Waals surface area contributed by atoms with E-state index in [-0.39, 0.29) is 35.4 Å². The maximum atomic E-state index is 13.3. The Balaban J connectivity index is 1.85. The van der Waals surface area contributed by atoms with Crippen LogP contribution in [0.4, 0.5) is 8.78 Å². The van der Waals surface area contributed by atoms with Gasteiger partial charge in [0.05, 0.1) is 22.6 Å². The summed E-state index contributed by atoms with van der Waals surface area (Å²) in [6.07, 6.45) is -0.495. The number of hydrogen-bond donors (Lipinski definition) is 0. The molecular weight excluding hydrogens is 360 g/mol. The van der Waals surface area contributed by atoms with Crippen LogP contribution in [0.25, 0.3) is 0 Å². The third-order valence-corrected chi connectivity index (χ3v) is 5.95. The second kappa shape index (κ2) is 6.76. The summed E-state index contributed by atoms with van der Waals surface area (Å²) >= 11 is 5.68. The number of morpholine rings is 1. The summed E-state index contributed by atoms with van der Waals surface area (Å²) in [7, 11) is -3.82. The van der Waals surface area contributed by atoms with Gasteiger partial charge in [-0.2, -0.15) is 4.31 Å². The van der Waals surface area contributed by atoms with Crippen LogP contribution in [-0.4, -0.2) is 32.4 Å². The molecule has 1 fully saturated rings. The molecule has 2 aromatic carbocycles. The fourth-order valence-electron chi connectivity index (χ4n) is 2.51. The van der Waals surface area contributed by atoms with Crippen molar-refractivity contribution in [2.75, 3.05) is 19.7 Å². The van der Waals surface area contributed by atoms with Crippen LogP contribution < -0.4 is 0 Å². The number of sulfonamides is 1. The van der Waals surface area contributed by atoms with Crippen molar-refractivity contribution in [2.24, 2.45) is 0 Å². The SMILES string of the molecule is O=S(=O)(c1ccc(F)c(Cl)c1)N1CCOC(c2ccc(F)cc2)C1. The lowest BCUT2D eigenvalue weighted by atomic mass is 10.1. The largest absolute Gasteiger partial charge is 0.371 e. The maximum absolute atomic E-state index is 13.3. The zero-order valence-corrected chi connectivity index (χ0v) is 14.0. The van der Waals surface area contributed by atoms with Crippen LogP contribution in [0.2, 0.25) is 5.02 Å². The summed E-state index contributed by atoms with van der Waals surface area (Å²) in [5, 5.41) is -0.251. The summed E-state index contributed by atoms with van der Waals surface area (Å²) in [6.45, 7) is 0.466. The number of ether oxygens (including phenoxy) is 1. The zero-order chi connectivity index (χ0) is 17.3. The van der Waals surface area contributed by atoms with E-state index >= 15 is 0 Å². The van der Waals surface area contributed by atoms with Crippen molar-refractivity contribution in [3.8, 4) is 0 Å². The van der Waals surface area contributed by atoms with Gasteiger partial charge in [-0.25, -0.2) is 17.2 Å². The third-order valence-electron chi connectivity index (χ3n) is 3.80. The summed E-state index contributed by atoms with van der Waals surface area (Å²) in [5.74, 6) is -1.05. The van der Waals surface area contributed by atoms with E-state index in [0.717, 1.165) is 12.1 Å². The predicted molar refractivity (Wildman–Crippen MR) is 85.3 cm³/mol. The standard InChI is InChI=1S/C16H14ClF2NO3S/c17-14-9-13(5-6-15(14)19)24(21,22)20-7-8-23-16(10-20)11-1-3-12(18)4-2-11/h1-6,9,16H,7-8,10H2. The molecular formula is C16H14ClF2NO3S. The molecule has 2 aromatic rings. The zero-order valence-electron chi connectivity index (χ0n) is 12.5. The minimum Gasteiger partial charge on any atom is -0.371 e. The molecule has 1 atom stereocenters. The Morgan fingerprint density at radius 2 is 1.83 bits per heavy atom. The molecule has 0 N–H and O–H groups in total. The van der Waals surface area contributed by atoms with Crippen molar-refractivity contribution in [1.29, 1.82) is 0 Å². The van der Waals surface area contributed by atoms with Gasteiger partial charge in [-0.1, -0.05) is 23.7 Å². The van der Waals surface area contributed by atoms with Gasteiger partial charge >= 0.3 is 0 Å². The molecule has 0 aliphatic carbocycles. The predicted octanol–water partition coefficient (Wildman–Crippen LogP) is 3.38. The number of hydrogen-bond acceptors (Lipinski definition) is 3. The molecule has 3 rings (SSSR count). The van der Waals surface area contributed by atoms with E-state index in [1.54, 1.807) is 12.1 Å². The number of benzene rings is 2. The first kappa shape index (κ1) is 17.3. The van der Waals surface area contributed by atoms with Crippen LogP contribution in [0, 0.1) is 11.6 Å². The molecule has 1 aliphatic heterocycles. The highest BCUT2D eigenvalue weighted by Crippen LogP contribution is 2.28. The first-order valence-corrected chi connectivity index (χ1v) is 9.02. The van der Waals surface area contributed by atoms with Crippen molar-refractivity contribution >= 4 is 21.6 Å². The van der Waals surface area contributed by atoms with E-state index in [1.165, 1.54) is 22.5 Å². The Hall–Kier alpha value is -1.54. The summed E-state index contributed by atoms with van der Waals surface area (Å²) in [5.41, 5.74) is 0.688. The molecule has 0 amide bonds. The average molecular weight is 374 g/mol. The number of rotatable bonds is 3. The van der Waals surface area contributed by atoms with Crippen molar-refractivity contribution in [3.05, 3.63) is 64.7 Å². The van der Waals surface area contributed by atoms with Crippen LogP contribution in [0.15, 0.2) is 47.4 Å². The Bertz CT molecular complexity index is 843. The second-order valence-corrected chi connectivity index (χ2v) is 7.70. The van der Waals surface area contributed by atoms with Crippen LogP contribution in [0.5, 0.6) is 0 Å². The summed E-state index contributed by atoms with van der Waals surface area (Å²) in [4.78, 5) is -0.0753. The molecule has 0 spiro atoms. The maximum Gasteiger partial charge on any atom is 0.243 e. The first-order chi connectivity index (χ1) is 11.4. The molecule has 1 heterocycles. The lowest BCUT2D eigenvalue weighted by Gasteiger charge is -2.32. The normalized spacial score (nSPS) is 19.4. The smallest absolute Gasteiger partial charge is 0.243 e. The monoisotopic (exact) mass is 373 g/mol. The van der Waals surface area contributed by atoms with Gasteiger partial charge < -0.3 is 4.74 Å². The third kappa shape index (κ3) is 3.44. The highest BCUT2D eigenvalue weighted by atomic mass is 35.5. The van der Waals surface area contributed by atoms with E-state index in [2.05, 4.69) is 0 Å². The summed E-state index contributed by atoms with van der Waals surface area (Å²) in [6, 6.07) is 9.01. The van der Waals surface area contributed by atoms with Crippen LogP contribution in [-0.2, 0) is 14.8 Å². The minimum atomic E-state index is -3.82. The first-order valence-electron chi connectivity index (χ1n) is 7.20. The lowest BCUT2D eigenvalue weighted by molar-refractivity contribution is -0.00258. The van der Waals surface area contributed by atoms with Gasteiger partial charge in [-0.15, -0.1) is 0 Å². The van der Waals surface area contributed by atoms with Crippen molar-refractivity contribution < 1.29 is 21.9 Å². The number of nitrogens with zero attached hydrogens (tertiary/aromatic N) is 1. The van der Waals surface area contributed by atoms with Gasteiger partial charge in [0.2, 0.25) is 10.0 Å². The van der Waals surface area contributed by atoms with E-state index < -0.39 is 21.9 Å². The van der Waals surface area contributed by atoms with Gasteiger partial charge in [0.1, 0.15) is 11.6 Å². The van der Waals surface area contributed by atoms with Crippen LogP contribution in [0.3, 0.4) is 0 Å². The molecule has 8 heteroatoms. The van der Waals surface area contributed by atoms with E-state index in [0.29, 0.717) is 5.56 Å². The van der Waals surface area contributed by atoms with Crippen molar-refractivity contribution in [3.63, 3.8) is 0 Å². The molecule has 1 unspecified atom stereocenters. The average Bonchev–Trinajstić information content (AvgIpc) is 2.58. The van der Waals surface area contributed by atoms with Crippen molar-refractivity contribution in [2.45, 2.75) is 11.0 Å². The molecule has 0 bridgehead atoms. The Morgan fingerprint density at radius 1 is 1.12 bits per heavy atom. The highest BCUT2D eigenvalue weighted by molar-refractivity contribution is 7.89. The molecule has 0 aromatic heterocycles. The molecule has 128 valence electrons. The fraction of sp³-hybridized carbons (Fsp3) is 0.250. The van der Waals surface area contributed by atoms with E-state index in [4.69, 9.17) is 16.3 Å². The van der Waals surface area contributed by atoms with Gasteiger partial charge in [0.15, 0.2) is 0 Å². The van der Waals surface area contributed by atoms with Crippen LogP contribution >= 0.6 is 11.6 Å². The Kier molecular flexibility index (Phi) is 4.87. The Labute approximate surface area is 143 Å². The van der Waals surface area contributed by atoms with Gasteiger partial charge in [-0.3, -0.25) is 0 Å². The van der Waals surface area contributed by atoms with Gasteiger partial charge in [-0.05, 0) is 35.9 Å². The molecule has 0 radical (unpaired) electrons. The lowest BCUT2D eigenvalue weighted by Crippen LogP contribution is -2.42. The fourth-order valence-corrected chi connectivity index (χ4v) is 4.21. The van der Waals surface area contributed by atoms with E-state index in [1.807, 2.05) is 0 Å². The molecule has 4 nitrogen and oxygen atoms in total. The van der Waals surface area contributed by atoms with Crippen LogP contribution in [0.1, 0.15) is 11.7 Å². The van der Waals surface area contributed by atoms with Crippen molar-refractivity contribution in [1.82, 2.24) is 4.31 Å². The van der Waals surface area contributed by atoms with Gasteiger partial charge in [0, 0.05) is 13.1 Å². The second-order valence-electron chi connectivity index (χ2n) is 5.35. The molecule has 0 saturated carbocycles. The molecule has 24 heavy (non-hydrogen) atoms. The van der Waals surface area contributed by atoms with Gasteiger partial charge in [0.25, 0.3) is 0 Å². The Morgan fingerprint density at radius 3 is 2.50 bits per heavy atom. The quantitative estimate of drug-likeness (QED) is 0.828. The molecule has 1 saturated heterocycles. The minimum absolute atomic E-state index is 0.0753. The number of halogens is 3. The van der Waals surface area contributed by atoms with E-state index in [9.17, 15) is 17.2 Å². The highest BCUT2D eigenvalue weighted by Gasteiger charge is 2.31. The topological polar surface area (TPSA) is 46.6 Å².